The molecule has 27 heavy (non-hydrogen) atoms. The molecule has 2 aromatic rings. The third-order valence-corrected chi connectivity index (χ3v) is 5.19. The number of hydrogen-bond donors (Lipinski definition) is 1. The van der Waals surface area contributed by atoms with Gasteiger partial charge in [-0.3, -0.25) is 4.79 Å². The number of hydrogen-bond acceptors (Lipinski definition) is 4. The van der Waals surface area contributed by atoms with E-state index in [9.17, 15) is 9.18 Å². The van der Waals surface area contributed by atoms with Gasteiger partial charge in [0.15, 0.2) is 11.7 Å². The summed E-state index contributed by atoms with van der Waals surface area (Å²) in [6.07, 6.45) is 5.56. The number of fused-ring (bicyclic) bond motifs is 2. The molecule has 1 amide bonds. The lowest BCUT2D eigenvalue weighted by Crippen LogP contribution is -2.42. The van der Waals surface area contributed by atoms with Crippen molar-refractivity contribution in [2.45, 2.75) is 44.2 Å². The second-order valence-corrected chi connectivity index (χ2v) is 6.78. The first kappa shape index (κ1) is 21.7. The normalized spacial score (nSPS) is 21.1. The average Bonchev–Trinajstić information content (AvgIpc) is 3.16. The molecule has 1 aromatic carbocycles. The molecule has 2 fully saturated rings. The number of amides is 1. The first-order chi connectivity index (χ1) is 12.2. The van der Waals surface area contributed by atoms with Gasteiger partial charge < -0.3 is 14.6 Å². The number of benzene rings is 1. The van der Waals surface area contributed by atoms with Gasteiger partial charge in [-0.1, -0.05) is 12.1 Å². The maximum Gasteiger partial charge on any atom is 0.223 e. The Morgan fingerprint density at radius 1 is 1.22 bits per heavy atom. The average molecular weight is 416 g/mol. The second kappa shape index (κ2) is 9.53. The zero-order valence-corrected chi connectivity index (χ0v) is 16.5. The number of nitrogens with zero attached hydrogens (tertiary/aromatic N) is 2. The van der Waals surface area contributed by atoms with Gasteiger partial charge in [-0.25, -0.2) is 9.37 Å². The number of rotatable bonds is 4. The lowest BCUT2D eigenvalue weighted by atomic mass is 10.1. The molecule has 0 radical (unpaired) electrons. The van der Waals surface area contributed by atoms with Crippen molar-refractivity contribution in [3.05, 3.63) is 42.2 Å². The van der Waals surface area contributed by atoms with Crippen LogP contribution in [0.5, 0.6) is 0 Å². The largest absolute Gasteiger partial charge is 0.441 e. The molecule has 1 N–H and O–H groups in total. The molecule has 2 aliphatic rings. The molecule has 0 aliphatic carbocycles. The Kier molecular flexibility index (Phi) is 7.65. The van der Waals surface area contributed by atoms with E-state index in [-0.39, 0.29) is 36.5 Å². The number of carbonyl (C=O) groups excluding carboxylic acids is 1. The molecule has 8 heteroatoms. The third kappa shape index (κ3) is 4.62. The maximum atomic E-state index is 13.8. The Labute approximate surface area is 170 Å². The molecule has 2 unspecified atom stereocenters. The summed E-state index contributed by atoms with van der Waals surface area (Å²) in [6, 6.07) is 7.13. The topological polar surface area (TPSA) is 58.4 Å². The van der Waals surface area contributed by atoms with E-state index < -0.39 is 0 Å². The van der Waals surface area contributed by atoms with Crippen molar-refractivity contribution in [3.8, 4) is 11.3 Å². The molecule has 2 aliphatic heterocycles. The van der Waals surface area contributed by atoms with Gasteiger partial charge in [0.25, 0.3) is 0 Å². The van der Waals surface area contributed by atoms with Crippen LogP contribution in [0.1, 0.15) is 31.6 Å². The highest BCUT2D eigenvalue weighted by atomic mass is 35.5. The highest BCUT2D eigenvalue weighted by molar-refractivity contribution is 5.85. The summed E-state index contributed by atoms with van der Waals surface area (Å²) in [5.74, 6) is 0.711. The maximum absolute atomic E-state index is 13.8. The van der Waals surface area contributed by atoms with Crippen LogP contribution in [0.2, 0.25) is 0 Å². The monoisotopic (exact) mass is 415 g/mol. The van der Waals surface area contributed by atoms with E-state index in [4.69, 9.17) is 4.42 Å². The van der Waals surface area contributed by atoms with Crippen molar-refractivity contribution in [1.82, 2.24) is 15.2 Å². The minimum Gasteiger partial charge on any atom is -0.441 e. The Bertz CT molecular complexity index is 757. The Hall–Kier alpha value is -1.63. The summed E-state index contributed by atoms with van der Waals surface area (Å²) in [5.41, 5.74) is 0.393. The molecule has 2 saturated heterocycles. The predicted octanol–water partition coefficient (Wildman–Crippen LogP) is 3.61. The van der Waals surface area contributed by atoms with E-state index in [0.717, 1.165) is 32.4 Å². The van der Waals surface area contributed by atoms with Crippen LogP contribution in [0.4, 0.5) is 4.39 Å². The fourth-order valence-corrected chi connectivity index (χ4v) is 3.94. The molecule has 0 spiro atoms. The summed E-state index contributed by atoms with van der Waals surface area (Å²) in [7, 11) is 0. The fourth-order valence-electron chi connectivity index (χ4n) is 3.94. The Morgan fingerprint density at radius 3 is 2.81 bits per heavy atom. The smallest absolute Gasteiger partial charge is 0.223 e. The van der Waals surface area contributed by atoms with Gasteiger partial charge in [-0.05, 0) is 37.9 Å². The molecule has 5 nitrogen and oxygen atoms in total. The molecule has 2 atom stereocenters. The second-order valence-electron chi connectivity index (χ2n) is 6.78. The summed E-state index contributed by atoms with van der Waals surface area (Å²) < 4.78 is 19.5. The molecule has 2 bridgehead atoms. The predicted molar refractivity (Wildman–Crippen MR) is 106 cm³/mol. The van der Waals surface area contributed by atoms with Crippen LogP contribution in [-0.2, 0) is 11.2 Å². The lowest BCUT2D eigenvalue weighted by Gasteiger charge is -2.27. The lowest BCUT2D eigenvalue weighted by molar-refractivity contribution is -0.133. The number of oxazole rings is 1. The zero-order chi connectivity index (χ0) is 17.2. The first-order valence-corrected chi connectivity index (χ1v) is 8.94. The quantitative estimate of drug-likeness (QED) is 0.828. The van der Waals surface area contributed by atoms with Crippen LogP contribution in [0, 0.1) is 5.82 Å². The van der Waals surface area contributed by atoms with Crippen LogP contribution in [0.25, 0.3) is 11.3 Å². The highest BCUT2D eigenvalue weighted by Crippen LogP contribution is 2.29. The van der Waals surface area contributed by atoms with Crippen LogP contribution in [0.3, 0.4) is 0 Å². The van der Waals surface area contributed by atoms with Crippen LogP contribution in [0.15, 0.2) is 34.9 Å². The van der Waals surface area contributed by atoms with Crippen molar-refractivity contribution >= 4 is 30.7 Å². The minimum absolute atomic E-state index is 0. The van der Waals surface area contributed by atoms with Crippen LogP contribution < -0.4 is 5.32 Å². The Morgan fingerprint density at radius 2 is 2.00 bits per heavy atom. The third-order valence-electron chi connectivity index (χ3n) is 5.19. The summed E-state index contributed by atoms with van der Waals surface area (Å²) in [4.78, 5) is 19.0. The van der Waals surface area contributed by atoms with E-state index in [2.05, 4.69) is 15.2 Å². The molecule has 1 aromatic heterocycles. The van der Waals surface area contributed by atoms with Crippen molar-refractivity contribution in [2.24, 2.45) is 0 Å². The van der Waals surface area contributed by atoms with E-state index in [1.807, 2.05) is 0 Å². The number of nitrogens with one attached hydrogen (secondary N) is 1. The SMILES string of the molecule is Cl.Cl.O=C(CCc1ncc(-c2ccccc2F)o1)N1C2CCNCC1CC2. The van der Waals surface area contributed by atoms with Gasteiger partial charge in [-0.15, -0.1) is 24.8 Å². The zero-order valence-electron chi connectivity index (χ0n) is 14.9. The van der Waals surface area contributed by atoms with E-state index >= 15 is 0 Å². The first-order valence-electron chi connectivity index (χ1n) is 8.94. The fraction of sp³-hybridized carbons (Fsp3) is 0.474. The molecular formula is C19H24Cl2FN3O2. The molecule has 4 rings (SSSR count). The summed E-state index contributed by atoms with van der Waals surface area (Å²) in [6.45, 7) is 1.87. The van der Waals surface area contributed by atoms with Crippen molar-refractivity contribution in [3.63, 3.8) is 0 Å². The highest BCUT2D eigenvalue weighted by Gasteiger charge is 2.37. The number of carbonyl (C=O) groups is 1. The molecular weight excluding hydrogens is 392 g/mol. The summed E-state index contributed by atoms with van der Waals surface area (Å²) in [5, 5.41) is 3.40. The number of aromatic nitrogens is 1. The van der Waals surface area contributed by atoms with E-state index in [1.54, 1.807) is 18.2 Å². The van der Waals surface area contributed by atoms with Gasteiger partial charge in [0.2, 0.25) is 5.91 Å². The molecule has 0 saturated carbocycles. The van der Waals surface area contributed by atoms with E-state index in [1.165, 1.54) is 12.3 Å². The van der Waals surface area contributed by atoms with Gasteiger partial charge in [0, 0.05) is 31.5 Å². The molecule has 148 valence electrons. The van der Waals surface area contributed by atoms with Crippen molar-refractivity contribution in [2.75, 3.05) is 13.1 Å². The summed E-state index contributed by atoms with van der Waals surface area (Å²) >= 11 is 0. The minimum atomic E-state index is -0.338. The van der Waals surface area contributed by atoms with Crippen LogP contribution in [-0.4, -0.2) is 41.0 Å². The molecule has 3 heterocycles. The number of aryl methyl sites for hydroxylation is 1. The van der Waals surface area contributed by atoms with Gasteiger partial charge >= 0.3 is 0 Å². The van der Waals surface area contributed by atoms with Crippen LogP contribution >= 0.6 is 24.8 Å². The van der Waals surface area contributed by atoms with Gasteiger partial charge in [0.1, 0.15) is 5.82 Å². The van der Waals surface area contributed by atoms with E-state index in [0.29, 0.717) is 42.1 Å². The van der Waals surface area contributed by atoms with Crippen molar-refractivity contribution in [1.29, 1.82) is 0 Å². The Balaban J connectivity index is 0.00000131. The number of halogens is 3. The standard InChI is InChI=1S/C19H22FN3O2.2ClH/c20-16-4-2-1-3-15(16)17-12-22-18(25-17)7-8-19(24)23-13-5-6-14(23)11-21-10-9-13;;/h1-4,12-14,21H,5-11H2;2*1H. The van der Waals surface area contributed by atoms with Crippen molar-refractivity contribution < 1.29 is 13.6 Å². The van der Waals surface area contributed by atoms with Gasteiger partial charge in [0.05, 0.1) is 11.8 Å². The van der Waals surface area contributed by atoms with Gasteiger partial charge in [-0.2, -0.15) is 0 Å².